The van der Waals surface area contributed by atoms with Crippen LogP contribution in [0.1, 0.15) is 24.4 Å². The molecule has 0 saturated heterocycles. The van der Waals surface area contributed by atoms with Crippen LogP contribution in [-0.2, 0) is 0 Å². The fourth-order valence-electron chi connectivity index (χ4n) is 2.03. The molecule has 102 valence electrons. The number of hydrogen-bond acceptors (Lipinski definition) is 4. The van der Waals surface area contributed by atoms with Crippen LogP contribution in [0.2, 0.25) is 5.02 Å². The Morgan fingerprint density at radius 3 is 2.65 bits per heavy atom. The molecule has 5 nitrogen and oxygen atoms in total. The van der Waals surface area contributed by atoms with Crippen molar-refractivity contribution in [1.82, 2.24) is 19.8 Å². The van der Waals surface area contributed by atoms with E-state index in [0.717, 1.165) is 17.1 Å². The molecule has 0 fully saturated rings. The summed E-state index contributed by atoms with van der Waals surface area (Å²) in [7, 11) is 0. The number of nitrogens with zero attached hydrogens (tertiary/aromatic N) is 4. The number of ether oxygens (including phenoxy) is 1. The third kappa shape index (κ3) is 2.32. The summed E-state index contributed by atoms with van der Waals surface area (Å²) in [4.78, 5) is 0. The molecule has 3 aromatic rings. The summed E-state index contributed by atoms with van der Waals surface area (Å²) < 4.78 is 7.61. The molecule has 2 aromatic heterocycles. The second-order valence-corrected chi connectivity index (χ2v) is 4.92. The number of hydrogen-bond donors (Lipinski definition) is 0. The Kier molecular flexibility index (Phi) is 3.28. The number of benzene rings is 1. The van der Waals surface area contributed by atoms with Crippen molar-refractivity contribution in [2.75, 3.05) is 0 Å². The smallest absolute Gasteiger partial charge is 0.184 e. The topological polar surface area (TPSA) is 52.3 Å². The lowest BCUT2D eigenvalue weighted by Crippen LogP contribution is -2.07. The first-order valence-corrected chi connectivity index (χ1v) is 6.62. The lowest BCUT2D eigenvalue weighted by atomic mass is 10.2. The van der Waals surface area contributed by atoms with Gasteiger partial charge in [-0.05, 0) is 44.2 Å². The second-order valence-electron chi connectivity index (χ2n) is 4.48. The highest BCUT2D eigenvalue weighted by atomic mass is 35.5. The maximum atomic E-state index is 5.91. The van der Waals surface area contributed by atoms with Gasteiger partial charge in [-0.25, -0.2) is 0 Å². The average Bonchev–Trinajstić information content (AvgIpc) is 2.83. The van der Waals surface area contributed by atoms with E-state index in [1.165, 1.54) is 0 Å². The Labute approximate surface area is 121 Å². The van der Waals surface area contributed by atoms with Gasteiger partial charge in [0.25, 0.3) is 0 Å². The third-order valence-corrected chi connectivity index (χ3v) is 3.31. The van der Waals surface area contributed by atoms with E-state index in [1.54, 1.807) is 22.8 Å². The van der Waals surface area contributed by atoms with Crippen molar-refractivity contribution in [3.63, 3.8) is 0 Å². The molecule has 0 N–H and O–H groups in total. The Morgan fingerprint density at radius 1 is 1.15 bits per heavy atom. The fraction of sp³-hybridized carbons (Fsp3) is 0.214. The van der Waals surface area contributed by atoms with Crippen molar-refractivity contribution >= 4 is 17.2 Å². The Hall–Kier alpha value is -2.14. The Balaban J connectivity index is 1.92. The van der Waals surface area contributed by atoms with Crippen LogP contribution in [0.15, 0.2) is 36.5 Å². The summed E-state index contributed by atoms with van der Waals surface area (Å²) in [6.07, 6.45) is 1.56. The molecule has 0 saturated carbocycles. The minimum absolute atomic E-state index is 0.162. The van der Waals surface area contributed by atoms with Gasteiger partial charge in [-0.15, -0.1) is 10.2 Å². The molecular weight excluding hydrogens is 276 g/mol. The number of halogens is 1. The zero-order valence-corrected chi connectivity index (χ0v) is 11.9. The molecule has 0 amide bonds. The van der Waals surface area contributed by atoms with E-state index in [-0.39, 0.29) is 6.10 Å². The predicted octanol–water partition coefficient (Wildman–Crippen LogP) is 3.23. The van der Waals surface area contributed by atoms with Gasteiger partial charge in [-0.1, -0.05) is 11.6 Å². The van der Waals surface area contributed by atoms with Crippen LogP contribution in [0.3, 0.4) is 0 Å². The average molecular weight is 289 g/mol. The van der Waals surface area contributed by atoms with E-state index < -0.39 is 0 Å². The van der Waals surface area contributed by atoms with Gasteiger partial charge in [-0.2, -0.15) is 9.61 Å². The highest BCUT2D eigenvalue weighted by Gasteiger charge is 2.15. The van der Waals surface area contributed by atoms with Gasteiger partial charge in [0.15, 0.2) is 11.5 Å². The van der Waals surface area contributed by atoms with Crippen molar-refractivity contribution in [1.29, 1.82) is 0 Å². The molecule has 0 bridgehead atoms. The SMILES string of the molecule is Cc1nnc2c([C@H](C)Oc3ccc(Cl)cc3)ccnn12. The van der Waals surface area contributed by atoms with Crippen LogP contribution < -0.4 is 4.74 Å². The first kappa shape index (κ1) is 12.9. The van der Waals surface area contributed by atoms with Gasteiger partial charge in [0.2, 0.25) is 0 Å². The Morgan fingerprint density at radius 2 is 1.90 bits per heavy atom. The van der Waals surface area contributed by atoms with Crippen molar-refractivity contribution in [2.45, 2.75) is 20.0 Å². The van der Waals surface area contributed by atoms with Crippen LogP contribution in [-0.4, -0.2) is 19.8 Å². The van der Waals surface area contributed by atoms with E-state index in [0.29, 0.717) is 10.7 Å². The van der Waals surface area contributed by atoms with Crippen molar-refractivity contribution in [3.05, 3.63) is 52.9 Å². The highest BCUT2D eigenvalue weighted by Crippen LogP contribution is 2.24. The molecule has 1 atom stereocenters. The summed E-state index contributed by atoms with van der Waals surface area (Å²) in [5.74, 6) is 1.51. The standard InChI is InChI=1S/C14H13ClN4O/c1-9(20-12-5-3-11(15)4-6-12)13-7-8-16-19-10(2)17-18-14(13)19/h3-9H,1-2H3/t9-/m0/s1. The molecule has 0 unspecified atom stereocenters. The van der Waals surface area contributed by atoms with Crippen molar-refractivity contribution in [3.8, 4) is 5.75 Å². The quantitative estimate of drug-likeness (QED) is 0.742. The normalized spacial score (nSPS) is 12.6. The maximum absolute atomic E-state index is 5.91. The molecule has 0 radical (unpaired) electrons. The lowest BCUT2D eigenvalue weighted by Gasteiger charge is -2.15. The molecule has 20 heavy (non-hydrogen) atoms. The van der Waals surface area contributed by atoms with Crippen molar-refractivity contribution < 1.29 is 4.74 Å². The summed E-state index contributed by atoms with van der Waals surface area (Å²) in [6, 6.07) is 9.17. The van der Waals surface area contributed by atoms with E-state index in [1.807, 2.05) is 32.0 Å². The summed E-state index contributed by atoms with van der Waals surface area (Å²) in [5, 5.41) is 13.1. The van der Waals surface area contributed by atoms with E-state index >= 15 is 0 Å². The Bertz CT molecular complexity index is 739. The zero-order valence-electron chi connectivity index (χ0n) is 11.1. The van der Waals surface area contributed by atoms with Gasteiger partial charge in [0.1, 0.15) is 11.9 Å². The second kappa shape index (κ2) is 5.09. The number of aryl methyl sites for hydroxylation is 1. The fourth-order valence-corrected chi connectivity index (χ4v) is 2.15. The molecule has 6 heteroatoms. The van der Waals surface area contributed by atoms with Gasteiger partial charge in [0, 0.05) is 16.8 Å². The maximum Gasteiger partial charge on any atom is 0.184 e. The molecule has 1 aromatic carbocycles. The molecule has 2 heterocycles. The summed E-state index contributed by atoms with van der Waals surface area (Å²) >= 11 is 5.86. The monoisotopic (exact) mass is 288 g/mol. The van der Waals surface area contributed by atoms with Crippen LogP contribution in [0.25, 0.3) is 5.65 Å². The number of fused-ring (bicyclic) bond motifs is 1. The first-order valence-electron chi connectivity index (χ1n) is 6.24. The highest BCUT2D eigenvalue weighted by molar-refractivity contribution is 6.30. The van der Waals surface area contributed by atoms with Crippen LogP contribution in [0.4, 0.5) is 0 Å². The van der Waals surface area contributed by atoms with Crippen molar-refractivity contribution in [2.24, 2.45) is 0 Å². The molecule has 3 rings (SSSR count). The van der Waals surface area contributed by atoms with Crippen LogP contribution in [0, 0.1) is 6.92 Å². The van der Waals surface area contributed by atoms with E-state index in [4.69, 9.17) is 16.3 Å². The van der Waals surface area contributed by atoms with Gasteiger partial charge >= 0.3 is 0 Å². The minimum Gasteiger partial charge on any atom is -0.486 e. The minimum atomic E-state index is -0.162. The molecule has 0 aliphatic carbocycles. The molecule has 0 aliphatic rings. The summed E-state index contributed by atoms with van der Waals surface area (Å²) in [5.41, 5.74) is 1.65. The van der Waals surface area contributed by atoms with Gasteiger partial charge in [0.05, 0.1) is 0 Å². The van der Waals surface area contributed by atoms with Crippen LogP contribution in [0.5, 0.6) is 5.75 Å². The molecule has 0 spiro atoms. The largest absolute Gasteiger partial charge is 0.486 e. The number of aromatic nitrogens is 4. The first-order chi connectivity index (χ1) is 9.65. The summed E-state index contributed by atoms with van der Waals surface area (Å²) in [6.45, 7) is 3.83. The van der Waals surface area contributed by atoms with E-state index in [9.17, 15) is 0 Å². The predicted molar refractivity (Wildman–Crippen MR) is 76.0 cm³/mol. The van der Waals surface area contributed by atoms with Gasteiger partial charge < -0.3 is 4.74 Å². The zero-order chi connectivity index (χ0) is 14.1. The van der Waals surface area contributed by atoms with Gasteiger partial charge in [-0.3, -0.25) is 0 Å². The third-order valence-electron chi connectivity index (χ3n) is 3.06. The number of rotatable bonds is 3. The molecular formula is C14H13ClN4O. The van der Waals surface area contributed by atoms with E-state index in [2.05, 4.69) is 15.3 Å². The lowest BCUT2D eigenvalue weighted by molar-refractivity contribution is 0.227. The molecule has 0 aliphatic heterocycles. The van der Waals surface area contributed by atoms with Crippen LogP contribution >= 0.6 is 11.6 Å².